The van der Waals surface area contributed by atoms with Crippen LogP contribution in [-0.4, -0.2) is 4.98 Å². The summed E-state index contributed by atoms with van der Waals surface area (Å²) in [6, 6.07) is 8.29. The maximum Gasteiger partial charge on any atom is 0.110 e. The molecule has 0 saturated heterocycles. The molecule has 1 unspecified atom stereocenters. The van der Waals surface area contributed by atoms with Gasteiger partial charge in [-0.25, -0.2) is 4.98 Å². The third-order valence-corrected chi connectivity index (χ3v) is 3.38. The Morgan fingerprint density at radius 1 is 1.33 bits per heavy atom. The van der Waals surface area contributed by atoms with E-state index in [0.717, 1.165) is 10.7 Å². The molecule has 0 aliphatic rings. The fourth-order valence-corrected chi connectivity index (χ4v) is 2.26. The molecule has 0 spiro atoms. The van der Waals surface area contributed by atoms with Gasteiger partial charge in [0.25, 0.3) is 0 Å². The number of rotatable bonds is 2. The van der Waals surface area contributed by atoms with Crippen LogP contribution in [0.4, 0.5) is 0 Å². The zero-order valence-electron chi connectivity index (χ0n) is 8.90. The van der Waals surface area contributed by atoms with Crippen molar-refractivity contribution in [3.63, 3.8) is 0 Å². The molecule has 0 aliphatic carbocycles. The van der Waals surface area contributed by atoms with Gasteiger partial charge < -0.3 is 5.73 Å². The van der Waals surface area contributed by atoms with E-state index in [1.54, 1.807) is 11.3 Å². The number of hydrogen-bond donors (Lipinski definition) is 1. The summed E-state index contributed by atoms with van der Waals surface area (Å²) in [7, 11) is 0. The Hall–Kier alpha value is -1.19. The smallest absolute Gasteiger partial charge is 0.110 e. The zero-order valence-corrected chi connectivity index (χ0v) is 9.71. The van der Waals surface area contributed by atoms with Crippen LogP contribution in [0.1, 0.15) is 23.5 Å². The minimum atomic E-state index is 0.0211. The van der Waals surface area contributed by atoms with Crippen molar-refractivity contribution in [2.24, 2.45) is 5.73 Å². The van der Waals surface area contributed by atoms with Gasteiger partial charge >= 0.3 is 0 Å². The summed E-state index contributed by atoms with van der Waals surface area (Å²) in [5, 5.41) is 3.06. The van der Waals surface area contributed by atoms with Crippen molar-refractivity contribution in [3.05, 3.63) is 40.2 Å². The van der Waals surface area contributed by atoms with Crippen LogP contribution in [-0.2, 0) is 0 Å². The minimum Gasteiger partial charge on any atom is -0.322 e. The van der Waals surface area contributed by atoms with Crippen molar-refractivity contribution in [2.75, 3.05) is 0 Å². The lowest BCUT2D eigenvalue weighted by molar-refractivity contribution is 0.808. The van der Waals surface area contributed by atoms with E-state index in [0.29, 0.717) is 0 Å². The van der Waals surface area contributed by atoms with E-state index in [1.807, 2.05) is 19.1 Å². The molecule has 2 rings (SSSR count). The second-order valence-electron chi connectivity index (χ2n) is 3.67. The summed E-state index contributed by atoms with van der Waals surface area (Å²) in [4.78, 5) is 4.53. The molecule has 0 fully saturated rings. The third-order valence-electron chi connectivity index (χ3n) is 2.33. The van der Waals surface area contributed by atoms with Crippen molar-refractivity contribution in [1.29, 1.82) is 0 Å². The first-order valence-corrected chi connectivity index (χ1v) is 5.83. The molecule has 0 bridgehead atoms. The highest BCUT2D eigenvalue weighted by Gasteiger charge is 2.08. The average Bonchev–Trinajstić information content (AvgIpc) is 2.67. The summed E-state index contributed by atoms with van der Waals surface area (Å²) in [6.45, 7) is 4.06. The summed E-state index contributed by atoms with van der Waals surface area (Å²) in [6.07, 6.45) is 0. The zero-order chi connectivity index (χ0) is 10.8. The molecule has 0 radical (unpaired) electrons. The second-order valence-corrected chi connectivity index (χ2v) is 4.56. The molecule has 0 amide bonds. The van der Waals surface area contributed by atoms with Gasteiger partial charge in [0.2, 0.25) is 0 Å². The fourth-order valence-electron chi connectivity index (χ4n) is 1.48. The van der Waals surface area contributed by atoms with Gasteiger partial charge in [0.05, 0.1) is 11.7 Å². The largest absolute Gasteiger partial charge is 0.322 e. The lowest BCUT2D eigenvalue weighted by Gasteiger charge is -2.01. The molecule has 3 heteroatoms. The lowest BCUT2D eigenvalue weighted by Crippen LogP contribution is -2.03. The van der Waals surface area contributed by atoms with Gasteiger partial charge in [-0.1, -0.05) is 24.3 Å². The van der Waals surface area contributed by atoms with Crippen LogP contribution in [0, 0.1) is 6.92 Å². The maximum atomic E-state index is 5.79. The van der Waals surface area contributed by atoms with E-state index in [4.69, 9.17) is 5.73 Å². The van der Waals surface area contributed by atoms with Crippen molar-refractivity contribution < 1.29 is 0 Å². The van der Waals surface area contributed by atoms with E-state index in [1.165, 1.54) is 11.1 Å². The van der Waals surface area contributed by atoms with Crippen molar-refractivity contribution in [2.45, 2.75) is 19.9 Å². The number of hydrogen-bond acceptors (Lipinski definition) is 3. The van der Waals surface area contributed by atoms with Crippen LogP contribution in [0.25, 0.3) is 11.3 Å². The number of nitrogens with two attached hydrogens (primary N) is 1. The molecule has 0 saturated carbocycles. The minimum absolute atomic E-state index is 0.0211. The quantitative estimate of drug-likeness (QED) is 0.841. The van der Waals surface area contributed by atoms with Gasteiger partial charge in [-0.3, -0.25) is 0 Å². The van der Waals surface area contributed by atoms with E-state index in [-0.39, 0.29) is 6.04 Å². The molecule has 0 aliphatic heterocycles. The predicted molar refractivity (Wildman–Crippen MR) is 64.9 cm³/mol. The second kappa shape index (κ2) is 4.13. The highest BCUT2D eigenvalue weighted by Crippen LogP contribution is 2.26. The first kappa shape index (κ1) is 10.3. The van der Waals surface area contributed by atoms with Crippen molar-refractivity contribution in [1.82, 2.24) is 4.98 Å². The van der Waals surface area contributed by atoms with Gasteiger partial charge in [-0.05, 0) is 19.4 Å². The summed E-state index contributed by atoms with van der Waals surface area (Å²) < 4.78 is 0. The van der Waals surface area contributed by atoms with Gasteiger partial charge in [0.15, 0.2) is 0 Å². The normalized spacial score (nSPS) is 12.7. The molecule has 2 aromatic rings. The average molecular weight is 218 g/mol. The SMILES string of the molecule is Cc1ccccc1-c1csc(C(C)N)n1. The summed E-state index contributed by atoms with van der Waals surface area (Å²) >= 11 is 1.63. The Morgan fingerprint density at radius 3 is 2.67 bits per heavy atom. The predicted octanol–water partition coefficient (Wildman–Crippen LogP) is 3.14. The molecule has 2 nitrogen and oxygen atoms in total. The number of benzene rings is 1. The van der Waals surface area contributed by atoms with Gasteiger partial charge in [0.1, 0.15) is 5.01 Å². The molecular formula is C12H14N2S. The topological polar surface area (TPSA) is 38.9 Å². The Balaban J connectivity index is 2.42. The molecule has 1 atom stereocenters. The Morgan fingerprint density at radius 2 is 2.07 bits per heavy atom. The van der Waals surface area contributed by atoms with Gasteiger partial charge in [0, 0.05) is 10.9 Å². The Kier molecular flexibility index (Phi) is 2.84. The van der Waals surface area contributed by atoms with E-state index in [2.05, 4.69) is 29.4 Å². The molecule has 78 valence electrons. The highest BCUT2D eigenvalue weighted by molar-refractivity contribution is 7.10. The molecule has 1 heterocycles. The standard InChI is InChI=1S/C12H14N2S/c1-8-5-3-4-6-10(8)11-7-15-12(14-11)9(2)13/h3-7,9H,13H2,1-2H3. The van der Waals surface area contributed by atoms with Gasteiger partial charge in [-0.2, -0.15) is 0 Å². The van der Waals surface area contributed by atoms with Crippen molar-refractivity contribution in [3.8, 4) is 11.3 Å². The fraction of sp³-hybridized carbons (Fsp3) is 0.250. The number of aryl methyl sites for hydroxylation is 1. The van der Waals surface area contributed by atoms with Crippen molar-refractivity contribution >= 4 is 11.3 Å². The summed E-state index contributed by atoms with van der Waals surface area (Å²) in [5.41, 5.74) is 9.27. The van der Waals surface area contributed by atoms with Crippen LogP contribution >= 0.6 is 11.3 Å². The Labute approximate surface area is 93.8 Å². The third kappa shape index (κ3) is 2.08. The molecule has 2 N–H and O–H groups in total. The van der Waals surface area contributed by atoms with Gasteiger partial charge in [-0.15, -0.1) is 11.3 Å². The number of aromatic nitrogens is 1. The van der Waals surface area contributed by atoms with Crippen LogP contribution in [0.2, 0.25) is 0 Å². The molecule has 1 aromatic carbocycles. The number of nitrogens with zero attached hydrogens (tertiary/aromatic N) is 1. The van der Waals surface area contributed by atoms with E-state index >= 15 is 0 Å². The summed E-state index contributed by atoms with van der Waals surface area (Å²) in [5.74, 6) is 0. The van der Waals surface area contributed by atoms with Crippen LogP contribution in [0.3, 0.4) is 0 Å². The number of thiazole rings is 1. The first-order chi connectivity index (χ1) is 7.18. The maximum absolute atomic E-state index is 5.79. The van der Waals surface area contributed by atoms with Crippen LogP contribution in [0.5, 0.6) is 0 Å². The Bertz CT molecular complexity index is 460. The molecular weight excluding hydrogens is 204 g/mol. The van der Waals surface area contributed by atoms with E-state index in [9.17, 15) is 0 Å². The van der Waals surface area contributed by atoms with E-state index < -0.39 is 0 Å². The molecule has 15 heavy (non-hydrogen) atoms. The lowest BCUT2D eigenvalue weighted by atomic mass is 10.1. The van der Waals surface area contributed by atoms with Crippen LogP contribution < -0.4 is 5.73 Å². The molecule has 1 aromatic heterocycles. The van der Waals surface area contributed by atoms with Crippen LogP contribution in [0.15, 0.2) is 29.6 Å². The first-order valence-electron chi connectivity index (χ1n) is 4.95. The monoisotopic (exact) mass is 218 g/mol. The highest BCUT2D eigenvalue weighted by atomic mass is 32.1.